The normalized spacial score (nSPS) is 14.5. The minimum absolute atomic E-state index is 0.163. The number of hydrogen-bond acceptors (Lipinski definition) is 5. The second-order valence-electron chi connectivity index (χ2n) is 4.85. The third-order valence-electron chi connectivity index (χ3n) is 3.41. The van der Waals surface area contributed by atoms with Crippen LogP contribution in [0.3, 0.4) is 0 Å². The number of aromatic nitrogens is 3. The molecule has 0 saturated carbocycles. The summed E-state index contributed by atoms with van der Waals surface area (Å²) >= 11 is 0. The summed E-state index contributed by atoms with van der Waals surface area (Å²) in [5, 5.41) is 2.85. The highest BCUT2D eigenvalue weighted by Gasteiger charge is 2.19. The lowest BCUT2D eigenvalue weighted by molar-refractivity contribution is 0.585. The van der Waals surface area contributed by atoms with Gasteiger partial charge in [-0.25, -0.2) is 8.78 Å². The standard InChI is InChI=1S/C14H15F2N5/c1-17-13-18-12(10-5-4-9(15)8-11(10)16)19-14(20-13)21-6-2-3-7-21/h4-5,8H,2-3,6-7H2,1H3,(H,17,18,19,20). The van der Waals surface area contributed by atoms with Gasteiger partial charge in [0.1, 0.15) is 11.6 Å². The zero-order valence-corrected chi connectivity index (χ0v) is 11.6. The number of nitrogens with one attached hydrogen (secondary N) is 1. The van der Waals surface area contributed by atoms with E-state index in [9.17, 15) is 8.78 Å². The van der Waals surface area contributed by atoms with Crippen LogP contribution in [0.5, 0.6) is 0 Å². The molecule has 1 aromatic carbocycles. The van der Waals surface area contributed by atoms with E-state index in [0.29, 0.717) is 11.9 Å². The van der Waals surface area contributed by atoms with Gasteiger partial charge in [0.05, 0.1) is 5.56 Å². The molecule has 2 aromatic rings. The van der Waals surface area contributed by atoms with E-state index in [1.165, 1.54) is 12.1 Å². The van der Waals surface area contributed by atoms with Crippen molar-refractivity contribution in [1.82, 2.24) is 15.0 Å². The monoisotopic (exact) mass is 291 g/mol. The molecule has 3 rings (SSSR count). The van der Waals surface area contributed by atoms with Crippen LogP contribution >= 0.6 is 0 Å². The number of hydrogen-bond donors (Lipinski definition) is 1. The number of nitrogens with zero attached hydrogens (tertiary/aromatic N) is 4. The second-order valence-corrected chi connectivity index (χ2v) is 4.85. The summed E-state index contributed by atoms with van der Waals surface area (Å²) in [6, 6.07) is 3.36. The molecule has 1 aliphatic rings. The molecule has 0 aliphatic carbocycles. The van der Waals surface area contributed by atoms with E-state index in [1.54, 1.807) is 7.05 Å². The van der Waals surface area contributed by atoms with Gasteiger partial charge in [-0.15, -0.1) is 0 Å². The zero-order chi connectivity index (χ0) is 14.8. The van der Waals surface area contributed by atoms with Crippen LogP contribution in [0.1, 0.15) is 12.8 Å². The molecule has 110 valence electrons. The van der Waals surface area contributed by atoms with Gasteiger partial charge in [-0.1, -0.05) is 0 Å². The summed E-state index contributed by atoms with van der Waals surface area (Å²) in [5.41, 5.74) is 0.163. The maximum atomic E-state index is 13.9. The van der Waals surface area contributed by atoms with Crippen molar-refractivity contribution >= 4 is 11.9 Å². The van der Waals surface area contributed by atoms with Crippen LogP contribution in [-0.2, 0) is 0 Å². The molecule has 0 radical (unpaired) electrons. The van der Waals surface area contributed by atoms with Crippen LogP contribution in [0.25, 0.3) is 11.4 Å². The smallest absolute Gasteiger partial charge is 0.230 e. The Bertz CT molecular complexity index is 656. The van der Waals surface area contributed by atoms with Crippen LogP contribution in [0, 0.1) is 11.6 Å². The van der Waals surface area contributed by atoms with E-state index in [0.717, 1.165) is 32.0 Å². The molecule has 0 atom stereocenters. The Balaban J connectivity index is 2.06. The van der Waals surface area contributed by atoms with Crippen LogP contribution in [0.2, 0.25) is 0 Å². The first-order valence-corrected chi connectivity index (χ1v) is 6.81. The van der Waals surface area contributed by atoms with Crippen molar-refractivity contribution < 1.29 is 8.78 Å². The third kappa shape index (κ3) is 2.76. The predicted octanol–water partition coefficient (Wildman–Crippen LogP) is 2.46. The fourth-order valence-corrected chi connectivity index (χ4v) is 2.33. The highest BCUT2D eigenvalue weighted by Crippen LogP contribution is 2.24. The highest BCUT2D eigenvalue weighted by molar-refractivity contribution is 5.59. The van der Waals surface area contributed by atoms with Crippen LogP contribution in [0.15, 0.2) is 18.2 Å². The van der Waals surface area contributed by atoms with E-state index < -0.39 is 11.6 Å². The van der Waals surface area contributed by atoms with Crippen LogP contribution in [-0.4, -0.2) is 35.1 Å². The first-order valence-electron chi connectivity index (χ1n) is 6.81. The highest BCUT2D eigenvalue weighted by atomic mass is 19.1. The number of benzene rings is 1. The summed E-state index contributed by atoms with van der Waals surface area (Å²) in [7, 11) is 1.69. The van der Waals surface area contributed by atoms with Gasteiger partial charge in [-0.05, 0) is 25.0 Å². The number of anilines is 2. The molecule has 1 N–H and O–H groups in total. The van der Waals surface area contributed by atoms with Gasteiger partial charge >= 0.3 is 0 Å². The first-order chi connectivity index (χ1) is 10.2. The van der Waals surface area contributed by atoms with E-state index in [1.807, 2.05) is 4.90 Å². The molecule has 0 amide bonds. The van der Waals surface area contributed by atoms with E-state index in [-0.39, 0.29) is 11.4 Å². The van der Waals surface area contributed by atoms with Gasteiger partial charge in [0.2, 0.25) is 11.9 Å². The lowest BCUT2D eigenvalue weighted by Crippen LogP contribution is -2.21. The fraction of sp³-hybridized carbons (Fsp3) is 0.357. The molecule has 0 bridgehead atoms. The summed E-state index contributed by atoms with van der Waals surface area (Å²) in [5.74, 6) is -0.223. The lowest BCUT2D eigenvalue weighted by Gasteiger charge is -2.16. The third-order valence-corrected chi connectivity index (χ3v) is 3.41. The van der Waals surface area contributed by atoms with Crippen LogP contribution < -0.4 is 10.2 Å². The molecule has 0 spiro atoms. The molecule has 1 aliphatic heterocycles. The van der Waals surface area contributed by atoms with Crippen LogP contribution in [0.4, 0.5) is 20.7 Å². The van der Waals surface area contributed by atoms with Gasteiger partial charge in [0.15, 0.2) is 5.82 Å². The summed E-state index contributed by atoms with van der Waals surface area (Å²) in [6.07, 6.45) is 2.17. The molecule has 1 fully saturated rings. The van der Waals surface area contributed by atoms with Crippen molar-refractivity contribution in [3.05, 3.63) is 29.8 Å². The number of rotatable bonds is 3. The van der Waals surface area contributed by atoms with Gasteiger partial charge in [-0.3, -0.25) is 0 Å². The summed E-state index contributed by atoms with van der Waals surface area (Å²) < 4.78 is 26.9. The number of halogens is 2. The molecule has 2 heterocycles. The Hall–Kier alpha value is -2.31. The minimum atomic E-state index is -0.685. The van der Waals surface area contributed by atoms with Gasteiger partial charge < -0.3 is 10.2 Å². The maximum absolute atomic E-state index is 13.9. The van der Waals surface area contributed by atoms with Crippen molar-refractivity contribution in [1.29, 1.82) is 0 Å². The molecular weight excluding hydrogens is 276 g/mol. The second kappa shape index (κ2) is 5.59. The summed E-state index contributed by atoms with van der Waals surface area (Å²) in [4.78, 5) is 14.8. The molecule has 5 nitrogen and oxygen atoms in total. The quantitative estimate of drug-likeness (QED) is 0.941. The van der Waals surface area contributed by atoms with Crippen molar-refractivity contribution in [3.8, 4) is 11.4 Å². The molecule has 1 aromatic heterocycles. The van der Waals surface area contributed by atoms with Crippen molar-refractivity contribution in [2.45, 2.75) is 12.8 Å². The van der Waals surface area contributed by atoms with Gasteiger partial charge in [0, 0.05) is 26.2 Å². The Kier molecular flexibility index (Phi) is 3.64. The molecule has 0 unspecified atom stereocenters. The lowest BCUT2D eigenvalue weighted by atomic mass is 10.2. The Morgan fingerprint density at radius 1 is 1.10 bits per heavy atom. The molecule has 7 heteroatoms. The largest absolute Gasteiger partial charge is 0.357 e. The van der Waals surface area contributed by atoms with Crippen molar-refractivity contribution in [3.63, 3.8) is 0 Å². The van der Waals surface area contributed by atoms with E-state index >= 15 is 0 Å². The SMILES string of the molecule is CNc1nc(-c2ccc(F)cc2F)nc(N2CCCC2)n1. The predicted molar refractivity (Wildman–Crippen MR) is 76.2 cm³/mol. The summed E-state index contributed by atoms with van der Waals surface area (Å²) in [6.45, 7) is 1.75. The van der Waals surface area contributed by atoms with E-state index in [2.05, 4.69) is 20.3 Å². The first kappa shape index (κ1) is 13.7. The van der Waals surface area contributed by atoms with E-state index in [4.69, 9.17) is 0 Å². The van der Waals surface area contributed by atoms with Crippen molar-refractivity contribution in [2.24, 2.45) is 0 Å². The van der Waals surface area contributed by atoms with Crippen molar-refractivity contribution in [2.75, 3.05) is 30.4 Å². The average Bonchev–Trinajstić information content (AvgIpc) is 3.01. The van der Waals surface area contributed by atoms with Gasteiger partial charge in [-0.2, -0.15) is 15.0 Å². The topological polar surface area (TPSA) is 53.9 Å². The Labute approximate surface area is 121 Å². The van der Waals surface area contributed by atoms with Gasteiger partial charge in [0.25, 0.3) is 0 Å². The average molecular weight is 291 g/mol. The maximum Gasteiger partial charge on any atom is 0.230 e. The zero-order valence-electron chi connectivity index (χ0n) is 11.6. The molecule has 1 saturated heterocycles. The molecule has 21 heavy (non-hydrogen) atoms. The molecular formula is C14H15F2N5. The minimum Gasteiger partial charge on any atom is -0.357 e. The Morgan fingerprint density at radius 3 is 2.52 bits per heavy atom. The fourth-order valence-electron chi connectivity index (χ4n) is 2.33. The Morgan fingerprint density at radius 2 is 1.86 bits per heavy atom.